The van der Waals surface area contributed by atoms with Crippen LogP contribution < -0.4 is 4.74 Å². The molecule has 0 aliphatic carbocycles. The minimum absolute atomic E-state index is 0.498. The zero-order valence-corrected chi connectivity index (χ0v) is 50.1. The van der Waals surface area contributed by atoms with E-state index in [-0.39, 0.29) is 0 Å². The zero-order valence-electron chi connectivity index (χ0n) is 49.3. The predicted octanol–water partition coefficient (Wildman–Crippen LogP) is 20.9. The molecule has 9 nitrogen and oxygen atoms in total. The minimum atomic E-state index is 0.498. The lowest BCUT2D eigenvalue weighted by Crippen LogP contribution is -2.08. The van der Waals surface area contributed by atoms with Gasteiger partial charge >= 0.3 is 0 Å². The zero-order chi connectivity index (χ0) is 60.6. The quantitative estimate of drug-likeness (QED) is 0.141. The number of aromatic nitrogens is 8. The van der Waals surface area contributed by atoms with Crippen LogP contribution in [0.1, 0.15) is 0 Å². The number of fused-ring (bicyclic) bond motifs is 14. The van der Waals surface area contributed by atoms with Crippen LogP contribution >= 0.6 is 11.8 Å². The van der Waals surface area contributed by atoms with Crippen LogP contribution in [0.5, 0.6) is 11.5 Å². The summed E-state index contributed by atoms with van der Waals surface area (Å²) in [5, 5.41) is 2.24. The highest BCUT2D eigenvalue weighted by Gasteiger charge is 2.32. The van der Waals surface area contributed by atoms with Crippen LogP contribution in [0.2, 0.25) is 0 Å². The van der Waals surface area contributed by atoms with Gasteiger partial charge in [0.15, 0.2) is 29.1 Å². The molecule has 0 spiro atoms. The van der Waals surface area contributed by atoms with Gasteiger partial charge in [0.25, 0.3) is 0 Å². The van der Waals surface area contributed by atoms with E-state index in [0.717, 1.165) is 112 Å². The molecule has 6 heterocycles. The van der Waals surface area contributed by atoms with E-state index in [0.29, 0.717) is 35.1 Å². The van der Waals surface area contributed by atoms with Crippen LogP contribution in [0, 0.1) is 0 Å². The van der Waals surface area contributed by atoms with Gasteiger partial charge in [-0.15, -0.1) is 0 Å². The number of para-hydroxylation sites is 4. The van der Waals surface area contributed by atoms with Gasteiger partial charge in [-0.1, -0.05) is 254 Å². The summed E-state index contributed by atoms with van der Waals surface area (Å²) in [5.74, 6) is 5.02. The van der Waals surface area contributed by atoms with Crippen molar-refractivity contribution in [2.24, 2.45) is 0 Å². The highest BCUT2D eigenvalue weighted by molar-refractivity contribution is 7.99. The second kappa shape index (κ2) is 21.9. The van der Waals surface area contributed by atoms with Crippen molar-refractivity contribution < 1.29 is 4.74 Å². The lowest BCUT2D eigenvalue weighted by atomic mass is 9.95. The van der Waals surface area contributed by atoms with Crippen LogP contribution in [-0.2, 0) is 0 Å². The molecule has 430 valence electrons. The summed E-state index contributed by atoms with van der Waals surface area (Å²) >= 11 is 1.81. The molecule has 16 aromatic rings. The topological polar surface area (TPSA) is 96.4 Å². The third kappa shape index (κ3) is 8.95. The van der Waals surface area contributed by atoms with Gasteiger partial charge in [0.2, 0.25) is 5.95 Å². The molecule has 4 aromatic heterocycles. The van der Waals surface area contributed by atoms with E-state index in [2.05, 4.69) is 209 Å². The number of ether oxygens (including phenoxy) is 1. The van der Waals surface area contributed by atoms with E-state index in [1.165, 1.54) is 31.9 Å². The Morgan fingerprint density at radius 1 is 0.272 bits per heavy atom. The van der Waals surface area contributed by atoms with E-state index in [1.807, 2.05) is 115 Å². The molecule has 2 aliphatic rings. The summed E-state index contributed by atoms with van der Waals surface area (Å²) in [6, 6.07) is 106. The van der Waals surface area contributed by atoms with Gasteiger partial charge in [-0.2, -0.15) is 9.97 Å². The Hall–Kier alpha value is -12.1. The Labute approximate surface area is 534 Å². The van der Waals surface area contributed by atoms with Crippen molar-refractivity contribution in [2.75, 3.05) is 0 Å². The van der Waals surface area contributed by atoms with Crippen molar-refractivity contribution in [1.82, 2.24) is 39.0 Å². The second-order valence-electron chi connectivity index (χ2n) is 22.9. The summed E-state index contributed by atoms with van der Waals surface area (Å²) in [7, 11) is 0. The Morgan fingerprint density at radius 3 is 1.34 bits per heavy atom. The van der Waals surface area contributed by atoms with Crippen LogP contribution in [0.4, 0.5) is 0 Å². The lowest BCUT2D eigenvalue weighted by molar-refractivity contribution is 0.487. The fraction of sp³-hybridized carbons (Fsp3) is 0. The van der Waals surface area contributed by atoms with Crippen molar-refractivity contribution in [3.8, 4) is 147 Å². The monoisotopic (exact) mass is 1190 g/mol. The fourth-order valence-corrected chi connectivity index (χ4v) is 14.4. The summed E-state index contributed by atoms with van der Waals surface area (Å²) in [6.45, 7) is 0. The van der Waals surface area contributed by atoms with Crippen LogP contribution in [0.15, 0.2) is 313 Å². The highest BCUT2D eigenvalue weighted by atomic mass is 32.2. The first-order valence-corrected chi connectivity index (χ1v) is 31.5. The van der Waals surface area contributed by atoms with E-state index in [1.54, 1.807) is 0 Å². The Morgan fingerprint density at radius 2 is 0.707 bits per heavy atom. The molecule has 0 fully saturated rings. The molecule has 0 saturated heterocycles. The van der Waals surface area contributed by atoms with Crippen LogP contribution in [0.25, 0.3) is 157 Å². The Kier molecular flexibility index (Phi) is 12.6. The molecule has 0 atom stereocenters. The average Bonchev–Trinajstić information content (AvgIpc) is 1.57. The van der Waals surface area contributed by atoms with E-state index in [9.17, 15) is 0 Å². The first kappa shape index (κ1) is 53.0. The molecule has 0 radical (unpaired) electrons. The van der Waals surface area contributed by atoms with Gasteiger partial charge < -0.3 is 9.30 Å². The first-order chi connectivity index (χ1) is 45.6. The van der Waals surface area contributed by atoms with Gasteiger partial charge in [-0.25, -0.2) is 19.9 Å². The molecule has 0 saturated carbocycles. The third-order valence-corrected chi connectivity index (χ3v) is 18.6. The van der Waals surface area contributed by atoms with Crippen molar-refractivity contribution in [2.45, 2.75) is 9.79 Å². The third-order valence-electron chi connectivity index (χ3n) is 17.5. The summed E-state index contributed by atoms with van der Waals surface area (Å²) in [5.41, 5.74) is 20.6. The molecule has 0 unspecified atom stereocenters. The summed E-state index contributed by atoms with van der Waals surface area (Å²) in [6.07, 6.45) is 0. The van der Waals surface area contributed by atoms with Gasteiger partial charge in [0, 0.05) is 87.4 Å². The maximum atomic E-state index is 6.80. The fourth-order valence-electron chi connectivity index (χ4n) is 13.3. The second-order valence-corrected chi connectivity index (χ2v) is 24.0. The summed E-state index contributed by atoms with van der Waals surface area (Å²) in [4.78, 5) is 33.6. The van der Waals surface area contributed by atoms with Gasteiger partial charge in [-0.05, 0) is 82.9 Å². The van der Waals surface area contributed by atoms with Gasteiger partial charge in [-0.3, -0.25) is 4.57 Å². The molecular weight excluding hydrogens is 1150 g/mol. The molecule has 2 aliphatic heterocycles. The Balaban J connectivity index is 0.752. The number of hydrogen-bond donors (Lipinski definition) is 0. The van der Waals surface area contributed by atoms with Crippen molar-refractivity contribution in [3.63, 3.8) is 0 Å². The van der Waals surface area contributed by atoms with E-state index >= 15 is 0 Å². The Bertz CT molecular complexity index is 5500. The van der Waals surface area contributed by atoms with Crippen LogP contribution in [-0.4, -0.2) is 39.0 Å². The largest absolute Gasteiger partial charge is 0.456 e. The summed E-state index contributed by atoms with van der Waals surface area (Å²) < 4.78 is 11.5. The SMILES string of the molecule is c1ccc(-c2nc(-c3ccccc3)nc(-c3ccc(-n4c5c(c6ccccc64)-c4ccc(-c6ccc(-c7nc(-c8ccccc8)nc(-n8c9c(c%10cccc(-c%11ccccc%11)c%108)-c8ccccc8Oc8ccccc8-9)n7)cc6)cc4Sc4ccccc4-5)cc3)n2)cc1. The number of nitrogens with zero attached hydrogens (tertiary/aromatic N) is 8. The van der Waals surface area contributed by atoms with Crippen molar-refractivity contribution >= 4 is 33.6 Å². The molecule has 10 heteroatoms. The normalized spacial score (nSPS) is 12.0. The van der Waals surface area contributed by atoms with Gasteiger partial charge in [0.05, 0.1) is 22.4 Å². The maximum absolute atomic E-state index is 6.80. The first-order valence-electron chi connectivity index (χ1n) is 30.7. The molecular formula is C82H50N8OS. The molecule has 0 N–H and O–H groups in total. The van der Waals surface area contributed by atoms with Gasteiger partial charge in [0.1, 0.15) is 11.5 Å². The predicted molar refractivity (Wildman–Crippen MR) is 371 cm³/mol. The van der Waals surface area contributed by atoms with Crippen LogP contribution in [0.3, 0.4) is 0 Å². The minimum Gasteiger partial charge on any atom is -0.456 e. The molecule has 0 bridgehead atoms. The number of hydrogen-bond acceptors (Lipinski definition) is 8. The van der Waals surface area contributed by atoms with Crippen molar-refractivity contribution in [3.05, 3.63) is 303 Å². The average molecular weight is 1200 g/mol. The smallest absolute Gasteiger partial charge is 0.238 e. The van der Waals surface area contributed by atoms with E-state index < -0.39 is 0 Å². The maximum Gasteiger partial charge on any atom is 0.238 e. The van der Waals surface area contributed by atoms with Crippen molar-refractivity contribution in [1.29, 1.82) is 0 Å². The standard InChI is InChI=1S/C82H50N8OS/c1-5-22-52(23-6-1)60-34-21-35-66-73-62-31-14-18-37-68(62)91-69-38-19-15-32-63(69)75(73)90(74(60)66)82-87-80(55-28-11-4-12-29-55)86-81(88-82)56-42-40-51(41-43-56)58-46-49-64-71(50-58)92-70-39-20-16-33-65(70)76-72(64)61-30-13-17-36-67(61)89(76)59-47-44-57(45-48-59)79-84-77(53-24-7-2-8-25-53)83-78(85-79)54-26-9-3-10-27-54/h1-50H. The lowest BCUT2D eigenvalue weighted by Gasteiger charge is -2.16. The van der Waals surface area contributed by atoms with E-state index in [4.69, 9.17) is 34.6 Å². The molecule has 12 aromatic carbocycles. The number of benzene rings is 12. The highest BCUT2D eigenvalue weighted by Crippen LogP contribution is 2.55. The number of rotatable bonds is 9. The molecule has 92 heavy (non-hydrogen) atoms. The molecule has 0 amide bonds. The molecule has 18 rings (SSSR count).